The molecule has 5 heteroatoms. The number of rotatable bonds is 6. The Hall–Kier alpha value is -1.10. The maximum atomic E-state index is 10.9. The Labute approximate surface area is 77.8 Å². The Morgan fingerprint density at radius 2 is 2.08 bits per heavy atom. The molecular formula is C8H16NO4+. The molecule has 13 heavy (non-hydrogen) atoms. The number of ether oxygens (including phenoxy) is 2. The molecule has 0 aromatic carbocycles. The van der Waals surface area contributed by atoms with Crippen molar-refractivity contribution in [2.24, 2.45) is 0 Å². The molecule has 5 nitrogen and oxygen atoms in total. The van der Waals surface area contributed by atoms with E-state index in [4.69, 9.17) is 0 Å². The molecule has 0 heterocycles. The smallest absolute Gasteiger partial charge is 0.361 e. The average molecular weight is 190 g/mol. The lowest BCUT2D eigenvalue weighted by Crippen LogP contribution is -2.46. The number of carbonyl (C=O) groups excluding carboxylic acids is 2. The van der Waals surface area contributed by atoms with Gasteiger partial charge in [0.25, 0.3) is 6.47 Å². The highest BCUT2D eigenvalue weighted by molar-refractivity contribution is 5.70. The third-order valence-corrected chi connectivity index (χ3v) is 1.67. The fraction of sp³-hybridized carbons (Fsp3) is 0.750. The van der Waals surface area contributed by atoms with E-state index in [1.165, 1.54) is 7.11 Å². The first-order valence-electron chi connectivity index (χ1n) is 3.96. The van der Waals surface area contributed by atoms with E-state index in [1.54, 1.807) is 0 Å². The number of methoxy groups -OCH3 is 1. The minimum atomic E-state index is -0.267. The van der Waals surface area contributed by atoms with Gasteiger partial charge in [0, 0.05) is 0 Å². The van der Waals surface area contributed by atoms with Crippen molar-refractivity contribution in [1.29, 1.82) is 0 Å². The standard InChI is InChI=1S/C8H16NO4/c1-9(2,4-5-13-7-10)6-8(11)12-3/h7H,4-6H2,1-3H3/q+1. The fourth-order valence-corrected chi connectivity index (χ4v) is 0.841. The molecule has 0 aliphatic carbocycles. The maximum Gasteiger partial charge on any atom is 0.361 e. The van der Waals surface area contributed by atoms with Gasteiger partial charge in [-0.3, -0.25) is 4.79 Å². The molecule has 0 aromatic rings. The minimum Gasteiger partial charge on any atom is -0.465 e. The van der Waals surface area contributed by atoms with E-state index >= 15 is 0 Å². The van der Waals surface area contributed by atoms with Crippen molar-refractivity contribution in [2.75, 3.05) is 40.9 Å². The molecule has 76 valence electrons. The van der Waals surface area contributed by atoms with Crippen LogP contribution in [0.5, 0.6) is 0 Å². The van der Waals surface area contributed by atoms with Crippen LogP contribution in [0.4, 0.5) is 0 Å². The molecule has 0 atom stereocenters. The Morgan fingerprint density at radius 3 is 2.54 bits per heavy atom. The zero-order valence-electron chi connectivity index (χ0n) is 8.28. The molecule has 0 spiro atoms. The highest BCUT2D eigenvalue weighted by atomic mass is 16.5. The van der Waals surface area contributed by atoms with Gasteiger partial charge in [-0.25, -0.2) is 4.79 Å². The van der Waals surface area contributed by atoms with E-state index in [1.807, 2.05) is 14.1 Å². The van der Waals surface area contributed by atoms with Gasteiger partial charge in [-0.05, 0) is 0 Å². The van der Waals surface area contributed by atoms with Crippen LogP contribution in [-0.2, 0) is 19.1 Å². The average Bonchev–Trinajstić information content (AvgIpc) is 2.03. The lowest BCUT2D eigenvalue weighted by atomic mass is 10.4. The van der Waals surface area contributed by atoms with Gasteiger partial charge in [0.05, 0.1) is 21.2 Å². The number of likely N-dealkylation sites (N-methyl/N-ethyl adjacent to an activating group) is 1. The summed E-state index contributed by atoms with van der Waals surface area (Å²) in [5.41, 5.74) is 0. The van der Waals surface area contributed by atoms with Crippen LogP contribution in [0.15, 0.2) is 0 Å². The molecular weight excluding hydrogens is 174 g/mol. The summed E-state index contributed by atoms with van der Waals surface area (Å²) in [5.74, 6) is -0.267. The molecule has 0 aliphatic heterocycles. The molecule has 0 rings (SSSR count). The van der Waals surface area contributed by atoms with Crippen molar-refractivity contribution in [3.8, 4) is 0 Å². The van der Waals surface area contributed by atoms with Crippen LogP contribution in [-0.4, -0.2) is 57.8 Å². The second-order valence-corrected chi connectivity index (χ2v) is 3.36. The molecule has 0 saturated heterocycles. The Balaban J connectivity index is 3.78. The van der Waals surface area contributed by atoms with Gasteiger partial charge in [-0.15, -0.1) is 0 Å². The van der Waals surface area contributed by atoms with E-state index in [-0.39, 0.29) is 12.5 Å². The van der Waals surface area contributed by atoms with Crippen molar-refractivity contribution in [3.05, 3.63) is 0 Å². The molecule has 0 N–H and O–H groups in total. The van der Waals surface area contributed by atoms with Crippen LogP contribution in [0, 0.1) is 0 Å². The second kappa shape index (κ2) is 5.53. The summed E-state index contributed by atoms with van der Waals surface area (Å²) in [6, 6.07) is 0. The highest BCUT2D eigenvalue weighted by Crippen LogP contribution is 1.96. The number of nitrogens with zero attached hydrogens (tertiary/aromatic N) is 1. The lowest BCUT2D eigenvalue weighted by Gasteiger charge is -2.27. The third kappa shape index (κ3) is 6.10. The highest BCUT2D eigenvalue weighted by Gasteiger charge is 2.20. The van der Waals surface area contributed by atoms with Crippen LogP contribution >= 0.6 is 0 Å². The van der Waals surface area contributed by atoms with E-state index < -0.39 is 0 Å². The van der Waals surface area contributed by atoms with Crippen molar-refractivity contribution >= 4 is 12.4 Å². The first-order valence-corrected chi connectivity index (χ1v) is 3.96. The van der Waals surface area contributed by atoms with Crippen molar-refractivity contribution < 1.29 is 23.5 Å². The molecule has 0 unspecified atom stereocenters. The third-order valence-electron chi connectivity index (χ3n) is 1.67. The monoisotopic (exact) mass is 190 g/mol. The molecule has 0 fully saturated rings. The Morgan fingerprint density at radius 1 is 1.46 bits per heavy atom. The number of hydrogen-bond acceptors (Lipinski definition) is 4. The normalized spacial score (nSPS) is 10.7. The predicted octanol–water partition coefficient (Wildman–Crippen LogP) is -0.591. The molecule has 0 amide bonds. The first kappa shape index (κ1) is 11.9. The van der Waals surface area contributed by atoms with Crippen LogP contribution in [0.1, 0.15) is 0 Å². The summed E-state index contributed by atoms with van der Waals surface area (Å²) in [5, 5.41) is 0. The minimum absolute atomic E-state index is 0.267. The molecule has 0 radical (unpaired) electrons. The molecule has 0 aliphatic rings. The number of hydrogen-bond donors (Lipinski definition) is 0. The summed E-state index contributed by atoms with van der Waals surface area (Å²) in [6.45, 7) is 1.58. The van der Waals surface area contributed by atoms with Crippen LogP contribution < -0.4 is 0 Å². The lowest BCUT2D eigenvalue weighted by molar-refractivity contribution is -0.883. The van der Waals surface area contributed by atoms with Crippen LogP contribution in [0.2, 0.25) is 0 Å². The van der Waals surface area contributed by atoms with Gasteiger partial charge in [0.1, 0.15) is 13.2 Å². The second-order valence-electron chi connectivity index (χ2n) is 3.36. The maximum absolute atomic E-state index is 10.9. The van der Waals surface area contributed by atoms with Crippen molar-refractivity contribution in [2.45, 2.75) is 0 Å². The molecule has 0 saturated carbocycles. The first-order chi connectivity index (χ1) is 6.02. The largest absolute Gasteiger partial charge is 0.465 e. The zero-order chi connectivity index (χ0) is 10.3. The molecule has 0 bridgehead atoms. The zero-order valence-corrected chi connectivity index (χ0v) is 8.28. The van der Waals surface area contributed by atoms with E-state index in [0.717, 1.165) is 0 Å². The number of carbonyl (C=O) groups is 2. The van der Waals surface area contributed by atoms with E-state index in [0.29, 0.717) is 24.1 Å². The van der Waals surface area contributed by atoms with Crippen LogP contribution in [0.3, 0.4) is 0 Å². The Bertz CT molecular complexity index is 179. The van der Waals surface area contributed by atoms with Crippen LogP contribution in [0.25, 0.3) is 0 Å². The summed E-state index contributed by atoms with van der Waals surface area (Å²) in [7, 11) is 5.08. The SMILES string of the molecule is COC(=O)C[N+](C)(C)CCOC=O. The summed E-state index contributed by atoms with van der Waals surface area (Å²) in [4.78, 5) is 20.8. The van der Waals surface area contributed by atoms with Gasteiger partial charge in [0.2, 0.25) is 0 Å². The number of quaternary nitrogens is 1. The van der Waals surface area contributed by atoms with E-state index in [2.05, 4.69) is 9.47 Å². The molecule has 0 aromatic heterocycles. The van der Waals surface area contributed by atoms with Gasteiger partial charge in [0.15, 0.2) is 6.54 Å². The van der Waals surface area contributed by atoms with Gasteiger partial charge in [-0.2, -0.15) is 0 Å². The van der Waals surface area contributed by atoms with E-state index in [9.17, 15) is 9.59 Å². The van der Waals surface area contributed by atoms with Crippen molar-refractivity contribution in [3.63, 3.8) is 0 Å². The summed E-state index contributed by atoms with van der Waals surface area (Å²) < 4.78 is 9.51. The fourth-order valence-electron chi connectivity index (χ4n) is 0.841. The topological polar surface area (TPSA) is 52.6 Å². The Kier molecular flexibility index (Phi) is 5.06. The van der Waals surface area contributed by atoms with Crippen molar-refractivity contribution in [1.82, 2.24) is 0 Å². The summed E-state index contributed by atoms with van der Waals surface area (Å²) in [6.07, 6.45) is 0. The quantitative estimate of drug-likeness (QED) is 0.243. The van der Waals surface area contributed by atoms with Gasteiger partial charge >= 0.3 is 5.97 Å². The summed E-state index contributed by atoms with van der Waals surface area (Å²) >= 11 is 0. The predicted molar refractivity (Wildman–Crippen MR) is 45.9 cm³/mol. The van der Waals surface area contributed by atoms with Gasteiger partial charge < -0.3 is 14.0 Å². The number of esters is 1. The van der Waals surface area contributed by atoms with Gasteiger partial charge in [-0.1, -0.05) is 0 Å².